The molecule has 0 fully saturated rings. The van der Waals surface area contributed by atoms with E-state index in [1.165, 1.54) is 0 Å². The van der Waals surface area contributed by atoms with Gasteiger partial charge < -0.3 is 34.8 Å². The maximum atomic E-state index is 9.43. The molecule has 1 aromatic heterocycles. The van der Waals surface area contributed by atoms with E-state index in [1.807, 2.05) is 31.2 Å². The van der Waals surface area contributed by atoms with Crippen LogP contribution >= 0.6 is 0 Å². The second-order valence-corrected chi connectivity index (χ2v) is 4.37. The maximum absolute atomic E-state index is 9.43. The van der Waals surface area contributed by atoms with Crippen molar-refractivity contribution in [3.8, 4) is 5.75 Å². The molecule has 1 aromatic carbocycles. The summed E-state index contributed by atoms with van der Waals surface area (Å²) in [6.07, 6.45) is 2.17. The van der Waals surface area contributed by atoms with Crippen LogP contribution in [0.15, 0.2) is 68.3 Å². The van der Waals surface area contributed by atoms with Crippen LogP contribution in [-0.2, 0) is 14.4 Å². The molecule has 28 heavy (non-hydrogen) atoms. The van der Waals surface area contributed by atoms with Gasteiger partial charge in [-0.05, 0) is 37.3 Å². The summed E-state index contributed by atoms with van der Waals surface area (Å²) in [6, 6.07) is 9.28. The predicted molar refractivity (Wildman–Crippen MR) is 99.5 cm³/mol. The van der Waals surface area contributed by atoms with Crippen LogP contribution in [0.2, 0.25) is 0 Å². The molecule has 0 aliphatic carbocycles. The monoisotopic (exact) mass is 441 g/mol. The van der Waals surface area contributed by atoms with Crippen LogP contribution in [0.4, 0.5) is 0 Å². The molecule has 0 bridgehead atoms. The van der Waals surface area contributed by atoms with Gasteiger partial charge in [-0.3, -0.25) is 0 Å². The van der Waals surface area contributed by atoms with E-state index in [1.54, 1.807) is 6.07 Å². The van der Waals surface area contributed by atoms with Gasteiger partial charge in [0.1, 0.15) is 11.3 Å². The molecule has 1 N–H and O–H groups in total. The third kappa shape index (κ3) is 16.2. The van der Waals surface area contributed by atoms with Gasteiger partial charge in [0, 0.05) is 11.1 Å². The van der Waals surface area contributed by atoms with Crippen molar-refractivity contribution in [3.05, 3.63) is 74.0 Å². The Kier molecular flexibility index (Phi) is 18.0. The number of carboxylic acids is 3. The van der Waals surface area contributed by atoms with E-state index >= 15 is 0 Å². The standard InChI is InChI=1S/C10H9NO.3C3H4O2.Ga/c1-7-5-6-8-3-2-4-9(12)10(8)11-7;3*1-2-3(4)5;/h2-6,12H,1H3;3*2H,1H2,(H,4,5);/q;;;;+3/p-3. The number of hydrogen-bond acceptors (Lipinski definition) is 8. The third-order valence-electron chi connectivity index (χ3n) is 2.34. The number of hydrogen-bond donors (Lipinski definition) is 1. The molecule has 0 saturated carbocycles. The van der Waals surface area contributed by atoms with Gasteiger partial charge in [0.15, 0.2) is 0 Å². The molecule has 0 atom stereocenters. The number of aryl methyl sites for hydroxylation is 1. The van der Waals surface area contributed by atoms with E-state index in [-0.39, 0.29) is 25.5 Å². The van der Waals surface area contributed by atoms with Gasteiger partial charge in [-0.15, -0.1) is 0 Å². The molecule has 0 saturated heterocycles. The molecule has 144 valence electrons. The first-order valence-corrected chi connectivity index (χ1v) is 7.14. The van der Waals surface area contributed by atoms with Crippen molar-refractivity contribution in [1.82, 2.24) is 4.98 Å². The largest absolute Gasteiger partial charge is 3.00 e. The minimum absolute atomic E-state index is 0. The Hall–Kier alpha value is -3.30. The summed E-state index contributed by atoms with van der Waals surface area (Å²) in [6.45, 7) is 10.6. The van der Waals surface area contributed by atoms with Gasteiger partial charge >= 0.3 is 19.8 Å². The number of rotatable bonds is 3. The Morgan fingerprint density at radius 2 is 1.29 bits per heavy atom. The van der Waals surface area contributed by atoms with Crippen molar-refractivity contribution in [3.63, 3.8) is 0 Å². The molecule has 8 nitrogen and oxygen atoms in total. The van der Waals surface area contributed by atoms with E-state index in [0.29, 0.717) is 5.52 Å². The van der Waals surface area contributed by atoms with Crippen molar-refractivity contribution in [1.29, 1.82) is 0 Å². The predicted octanol–water partition coefficient (Wildman–Crippen LogP) is -1.37. The number of aromatic hydroxyl groups is 1. The number of carboxylic acid groups (broad SMARTS) is 3. The molecule has 1 heterocycles. The van der Waals surface area contributed by atoms with Crippen LogP contribution in [0.25, 0.3) is 10.9 Å². The quantitative estimate of drug-likeness (QED) is 0.452. The van der Waals surface area contributed by atoms with E-state index < -0.39 is 17.9 Å². The number of aliphatic carboxylic acids is 3. The van der Waals surface area contributed by atoms with E-state index in [4.69, 9.17) is 29.7 Å². The first-order valence-electron chi connectivity index (χ1n) is 7.14. The number of aromatic nitrogens is 1. The second kappa shape index (κ2) is 17.1. The summed E-state index contributed by atoms with van der Waals surface area (Å²) in [4.78, 5) is 31.6. The van der Waals surface area contributed by atoms with E-state index in [2.05, 4.69) is 24.7 Å². The Balaban J connectivity index is -0.000000334. The molecule has 0 unspecified atom stereocenters. The molecule has 0 aliphatic rings. The zero-order valence-corrected chi connectivity index (χ0v) is 17.6. The van der Waals surface area contributed by atoms with Gasteiger partial charge in [-0.25, -0.2) is 4.98 Å². The average molecular weight is 442 g/mol. The smallest absolute Gasteiger partial charge is 0.545 e. The summed E-state index contributed by atoms with van der Waals surface area (Å²) < 4.78 is 0. The number of phenols is 1. The van der Waals surface area contributed by atoms with Gasteiger partial charge in [0.05, 0.1) is 17.9 Å². The van der Waals surface area contributed by atoms with Gasteiger partial charge in [0.2, 0.25) is 0 Å². The second-order valence-electron chi connectivity index (χ2n) is 4.37. The SMILES string of the molecule is C=CC(=O)[O-].C=CC(=O)[O-].C=CC(=O)[O-].Cc1ccc2cccc(O)c2n1.[Ga+3]. The summed E-state index contributed by atoms with van der Waals surface area (Å²) >= 11 is 0. The number of para-hydroxylation sites is 1. The first-order chi connectivity index (χ1) is 12.6. The average Bonchev–Trinajstić information content (AvgIpc) is 2.64. The fourth-order valence-electron chi connectivity index (χ4n) is 1.23. The Morgan fingerprint density at radius 3 is 1.64 bits per heavy atom. The Labute approximate surface area is 175 Å². The summed E-state index contributed by atoms with van der Waals surface area (Å²) in [5, 5.41) is 37.8. The Bertz CT molecular complexity index is 776. The summed E-state index contributed by atoms with van der Waals surface area (Å²) in [5.41, 5.74) is 1.60. The van der Waals surface area contributed by atoms with Crippen molar-refractivity contribution in [2.45, 2.75) is 6.92 Å². The van der Waals surface area contributed by atoms with E-state index in [0.717, 1.165) is 29.3 Å². The Morgan fingerprint density at radius 1 is 0.893 bits per heavy atom. The van der Waals surface area contributed by atoms with Crippen molar-refractivity contribution in [2.24, 2.45) is 0 Å². The topological polar surface area (TPSA) is 154 Å². The van der Waals surface area contributed by atoms with Crippen LogP contribution in [0, 0.1) is 6.92 Å². The molecule has 0 aliphatic heterocycles. The zero-order valence-electron chi connectivity index (χ0n) is 15.2. The fourth-order valence-corrected chi connectivity index (χ4v) is 1.23. The van der Waals surface area contributed by atoms with Crippen LogP contribution in [0.1, 0.15) is 5.69 Å². The fraction of sp³-hybridized carbons (Fsp3) is 0.0526. The van der Waals surface area contributed by atoms with Crippen LogP contribution in [-0.4, -0.2) is 47.8 Å². The van der Waals surface area contributed by atoms with E-state index in [9.17, 15) is 5.11 Å². The van der Waals surface area contributed by atoms with Gasteiger partial charge in [-0.2, -0.15) is 0 Å². The summed E-state index contributed by atoms with van der Waals surface area (Å²) in [5.74, 6) is -3.45. The van der Waals surface area contributed by atoms with Crippen molar-refractivity contribution >= 4 is 48.6 Å². The number of carbonyl (C=O) groups is 3. The molecule has 2 aromatic rings. The molecule has 0 amide bonds. The first kappa shape index (κ1) is 29.5. The third-order valence-corrected chi connectivity index (χ3v) is 2.34. The summed E-state index contributed by atoms with van der Waals surface area (Å²) in [7, 11) is 0. The van der Waals surface area contributed by atoms with Crippen LogP contribution in [0.3, 0.4) is 0 Å². The van der Waals surface area contributed by atoms with Gasteiger partial charge in [0.25, 0.3) is 0 Å². The number of phenolic OH excluding ortho intramolecular Hbond substituents is 1. The molecule has 9 heteroatoms. The van der Waals surface area contributed by atoms with Gasteiger partial charge in [-0.1, -0.05) is 37.9 Å². The molecule has 0 spiro atoms. The number of fused-ring (bicyclic) bond motifs is 1. The number of nitrogens with zero attached hydrogens (tertiary/aromatic N) is 1. The minimum atomic E-state index is -1.23. The van der Waals surface area contributed by atoms with Crippen molar-refractivity contribution < 1.29 is 34.8 Å². The molecule has 2 rings (SSSR count). The molecular formula is C19H18GaNO7. The number of carbonyl (C=O) groups excluding carboxylic acids is 3. The minimum Gasteiger partial charge on any atom is -0.545 e. The number of benzene rings is 1. The van der Waals surface area contributed by atoms with Crippen LogP contribution in [0.5, 0.6) is 5.75 Å². The molecular weight excluding hydrogens is 424 g/mol. The molecule has 0 radical (unpaired) electrons. The maximum Gasteiger partial charge on any atom is 3.00 e. The van der Waals surface area contributed by atoms with Crippen molar-refractivity contribution in [2.75, 3.05) is 0 Å². The van der Waals surface area contributed by atoms with Crippen LogP contribution < -0.4 is 15.3 Å². The zero-order chi connectivity index (χ0) is 21.4. The normalized spacial score (nSPS) is 7.89. The number of pyridine rings is 1.